The minimum Gasteiger partial charge on any atom is -0.398 e. The first-order valence-electron chi connectivity index (χ1n) is 6.85. The van der Waals surface area contributed by atoms with Crippen LogP contribution in [-0.4, -0.2) is 11.0 Å². The van der Waals surface area contributed by atoms with Gasteiger partial charge in [0.1, 0.15) is 5.82 Å². The number of aromatic nitrogens is 1. The molecule has 3 rings (SSSR count). The van der Waals surface area contributed by atoms with Crippen LogP contribution < -0.4 is 11.1 Å². The van der Waals surface area contributed by atoms with E-state index in [1.807, 2.05) is 18.3 Å². The standard InChI is InChI=1S/C15H18BrN3/c16-12-9-18-15(19-10-5-2-1-3-6-10)14-11(12)7-4-8-13(14)17/h4,7-10H,1-3,5-6,17H2,(H,18,19). The Kier molecular flexibility index (Phi) is 3.60. The maximum Gasteiger partial charge on any atom is 0.136 e. The summed E-state index contributed by atoms with van der Waals surface area (Å²) < 4.78 is 0.990. The zero-order valence-corrected chi connectivity index (χ0v) is 12.4. The molecular weight excluding hydrogens is 302 g/mol. The van der Waals surface area contributed by atoms with Crippen LogP contribution in [0, 0.1) is 0 Å². The Morgan fingerprint density at radius 2 is 2.00 bits per heavy atom. The lowest BCUT2D eigenvalue weighted by Gasteiger charge is -2.24. The van der Waals surface area contributed by atoms with Gasteiger partial charge in [0, 0.05) is 33.2 Å². The van der Waals surface area contributed by atoms with Crippen molar-refractivity contribution in [3.05, 3.63) is 28.9 Å². The summed E-state index contributed by atoms with van der Waals surface area (Å²) in [6.45, 7) is 0. The van der Waals surface area contributed by atoms with E-state index in [1.165, 1.54) is 32.1 Å². The monoisotopic (exact) mass is 319 g/mol. The molecule has 1 saturated carbocycles. The number of fused-ring (bicyclic) bond motifs is 1. The molecule has 0 radical (unpaired) electrons. The lowest BCUT2D eigenvalue weighted by Crippen LogP contribution is -2.23. The van der Waals surface area contributed by atoms with Crippen LogP contribution in [0.25, 0.3) is 10.8 Å². The van der Waals surface area contributed by atoms with E-state index in [1.54, 1.807) is 0 Å². The van der Waals surface area contributed by atoms with Crippen LogP contribution >= 0.6 is 15.9 Å². The number of anilines is 2. The Morgan fingerprint density at radius 1 is 1.21 bits per heavy atom. The maximum absolute atomic E-state index is 6.13. The number of nitrogens with zero attached hydrogens (tertiary/aromatic N) is 1. The molecule has 1 heterocycles. The minimum atomic E-state index is 0.533. The summed E-state index contributed by atoms with van der Waals surface area (Å²) in [6, 6.07) is 6.52. The van der Waals surface area contributed by atoms with Crippen LogP contribution in [0.2, 0.25) is 0 Å². The molecule has 100 valence electrons. The van der Waals surface area contributed by atoms with Crippen molar-refractivity contribution in [3.8, 4) is 0 Å². The Bertz CT molecular complexity index is 591. The van der Waals surface area contributed by atoms with Crippen molar-refractivity contribution < 1.29 is 0 Å². The van der Waals surface area contributed by atoms with Crippen molar-refractivity contribution in [2.45, 2.75) is 38.1 Å². The molecular formula is C15H18BrN3. The highest BCUT2D eigenvalue weighted by molar-refractivity contribution is 9.10. The summed E-state index contributed by atoms with van der Waals surface area (Å²) in [5.74, 6) is 0.920. The lowest BCUT2D eigenvalue weighted by molar-refractivity contribution is 0.462. The van der Waals surface area contributed by atoms with Gasteiger partial charge in [-0.2, -0.15) is 0 Å². The average molecular weight is 320 g/mol. The number of halogens is 1. The Morgan fingerprint density at radius 3 is 2.79 bits per heavy atom. The zero-order valence-electron chi connectivity index (χ0n) is 10.8. The lowest BCUT2D eigenvalue weighted by atomic mass is 9.95. The fraction of sp³-hybridized carbons (Fsp3) is 0.400. The molecule has 3 nitrogen and oxygen atoms in total. The third kappa shape index (κ3) is 2.54. The first-order chi connectivity index (χ1) is 9.25. The second-order valence-corrected chi connectivity index (χ2v) is 6.06. The van der Waals surface area contributed by atoms with Gasteiger partial charge in [-0.05, 0) is 34.8 Å². The largest absolute Gasteiger partial charge is 0.398 e. The molecule has 1 aromatic carbocycles. The van der Waals surface area contributed by atoms with Crippen LogP contribution in [0.5, 0.6) is 0 Å². The molecule has 1 aliphatic carbocycles. The predicted octanol–water partition coefficient (Wildman–Crippen LogP) is 4.32. The first-order valence-corrected chi connectivity index (χ1v) is 7.64. The van der Waals surface area contributed by atoms with Crippen LogP contribution in [0.1, 0.15) is 32.1 Å². The van der Waals surface area contributed by atoms with Gasteiger partial charge in [-0.15, -0.1) is 0 Å². The van der Waals surface area contributed by atoms with Gasteiger partial charge in [0.2, 0.25) is 0 Å². The van der Waals surface area contributed by atoms with Crippen LogP contribution in [0.4, 0.5) is 11.5 Å². The van der Waals surface area contributed by atoms with Crippen molar-refractivity contribution in [1.29, 1.82) is 0 Å². The molecule has 0 aliphatic heterocycles. The number of nitrogens with one attached hydrogen (secondary N) is 1. The molecule has 2 aromatic rings. The van der Waals surface area contributed by atoms with Crippen LogP contribution in [0.15, 0.2) is 28.9 Å². The molecule has 1 aliphatic rings. The van der Waals surface area contributed by atoms with Gasteiger partial charge in [-0.1, -0.05) is 31.4 Å². The predicted molar refractivity (Wildman–Crippen MR) is 84.4 cm³/mol. The summed E-state index contributed by atoms with van der Waals surface area (Å²) in [5, 5.41) is 5.73. The normalized spacial score (nSPS) is 16.7. The number of pyridine rings is 1. The SMILES string of the molecule is Nc1cccc2c(Br)cnc(NC3CCCCC3)c12. The number of benzene rings is 1. The maximum atomic E-state index is 6.13. The fourth-order valence-electron chi connectivity index (χ4n) is 2.84. The molecule has 19 heavy (non-hydrogen) atoms. The molecule has 0 unspecified atom stereocenters. The molecule has 0 spiro atoms. The number of hydrogen-bond donors (Lipinski definition) is 2. The van der Waals surface area contributed by atoms with Crippen molar-refractivity contribution >= 4 is 38.2 Å². The quantitative estimate of drug-likeness (QED) is 0.810. The molecule has 0 saturated heterocycles. The first kappa shape index (κ1) is 12.7. The summed E-state index contributed by atoms with van der Waals surface area (Å²) in [7, 11) is 0. The third-order valence-corrected chi connectivity index (χ3v) is 4.48. The molecule has 1 aromatic heterocycles. The second kappa shape index (κ2) is 5.37. The topological polar surface area (TPSA) is 50.9 Å². The summed E-state index contributed by atoms with van der Waals surface area (Å²) in [5.41, 5.74) is 6.91. The average Bonchev–Trinajstić information content (AvgIpc) is 2.43. The van der Waals surface area contributed by atoms with Crippen molar-refractivity contribution in [3.63, 3.8) is 0 Å². The smallest absolute Gasteiger partial charge is 0.136 e. The molecule has 1 fully saturated rings. The zero-order chi connectivity index (χ0) is 13.2. The Labute approximate surface area is 121 Å². The van der Waals surface area contributed by atoms with E-state index >= 15 is 0 Å². The van der Waals surface area contributed by atoms with Gasteiger partial charge in [0.25, 0.3) is 0 Å². The summed E-state index contributed by atoms with van der Waals surface area (Å²) >= 11 is 3.54. The number of nitrogens with two attached hydrogens (primary N) is 1. The molecule has 3 N–H and O–H groups in total. The van der Waals surface area contributed by atoms with Gasteiger partial charge in [-0.3, -0.25) is 0 Å². The van der Waals surface area contributed by atoms with Crippen molar-refractivity contribution in [2.24, 2.45) is 0 Å². The Balaban J connectivity index is 2.01. The van der Waals surface area contributed by atoms with Gasteiger partial charge in [0.15, 0.2) is 0 Å². The summed E-state index contributed by atoms with van der Waals surface area (Å²) in [4.78, 5) is 4.52. The van der Waals surface area contributed by atoms with Crippen molar-refractivity contribution in [2.75, 3.05) is 11.1 Å². The highest BCUT2D eigenvalue weighted by Crippen LogP contribution is 2.33. The van der Waals surface area contributed by atoms with E-state index < -0.39 is 0 Å². The number of nitrogen functional groups attached to an aromatic ring is 1. The number of rotatable bonds is 2. The van der Waals surface area contributed by atoms with E-state index in [4.69, 9.17) is 5.73 Å². The van der Waals surface area contributed by atoms with Crippen LogP contribution in [0.3, 0.4) is 0 Å². The summed E-state index contributed by atoms with van der Waals surface area (Å²) in [6.07, 6.45) is 8.28. The Hall–Kier alpha value is -1.29. The fourth-order valence-corrected chi connectivity index (χ4v) is 3.27. The van der Waals surface area contributed by atoms with Gasteiger partial charge in [-0.25, -0.2) is 4.98 Å². The van der Waals surface area contributed by atoms with Gasteiger partial charge in [0.05, 0.1) is 0 Å². The van der Waals surface area contributed by atoms with Crippen LogP contribution in [-0.2, 0) is 0 Å². The van der Waals surface area contributed by atoms with E-state index in [9.17, 15) is 0 Å². The number of hydrogen-bond acceptors (Lipinski definition) is 3. The highest BCUT2D eigenvalue weighted by Gasteiger charge is 2.16. The van der Waals surface area contributed by atoms with E-state index in [0.717, 1.165) is 26.8 Å². The van der Waals surface area contributed by atoms with E-state index in [-0.39, 0.29) is 0 Å². The minimum absolute atomic E-state index is 0.533. The molecule has 4 heteroatoms. The van der Waals surface area contributed by atoms with E-state index in [0.29, 0.717) is 6.04 Å². The second-order valence-electron chi connectivity index (χ2n) is 5.20. The highest BCUT2D eigenvalue weighted by atomic mass is 79.9. The van der Waals surface area contributed by atoms with Gasteiger partial charge >= 0.3 is 0 Å². The third-order valence-electron chi connectivity index (χ3n) is 3.84. The van der Waals surface area contributed by atoms with E-state index in [2.05, 4.69) is 32.3 Å². The van der Waals surface area contributed by atoms with Gasteiger partial charge < -0.3 is 11.1 Å². The van der Waals surface area contributed by atoms with Crippen molar-refractivity contribution in [1.82, 2.24) is 4.98 Å². The molecule has 0 bridgehead atoms. The molecule has 0 atom stereocenters. The molecule has 0 amide bonds.